The molecule has 0 fully saturated rings. The summed E-state index contributed by atoms with van der Waals surface area (Å²) in [5.74, 6) is -0.318. The second-order valence-corrected chi connectivity index (χ2v) is 4.15. The Hall–Kier alpha value is -2.10. The van der Waals surface area contributed by atoms with Crippen molar-refractivity contribution in [3.8, 4) is 0 Å². The van der Waals surface area contributed by atoms with Gasteiger partial charge in [-0.25, -0.2) is 9.78 Å². The first-order valence-corrected chi connectivity index (χ1v) is 5.33. The summed E-state index contributed by atoms with van der Waals surface area (Å²) in [6.45, 7) is 4.04. The van der Waals surface area contributed by atoms with E-state index in [-0.39, 0.29) is 0 Å². The molecule has 0 bridgehead atoms. The lowest BCUT2D eigenvalue weighted by Crippen LogP contribution is -1.93. The van der Waals surface area contributed by atoms with Crippen LogP contribution < -0.4 is 0 Å². The number of hydrogen-bond acceptors (Lipinski definition) is 2. The first-order valence-electron chi connectivity index (χ1n) is 5.33. The monoisotopic (exact) mass is 230 g/mol. The molecule has 0 amide bonds. The summed E-state index contributed by atoms with van der Waals surface area (Å²) in [4.78, 5) is 14.9. The standard InChI is InChI=1S/C13H14N2O2/c1-8-6-9(2)13-10(7-8)15(3)11(14-13)4-5-12(16)17/h4-7H,1-3H3,(H,16,17)/b5-4+. The van der Waals surface area contributed by atoms with Crippen LogP contribution in [0.15, 0.2) is 18.2 Å². The highest BCUT2D eigenvalue weighted by molar-refractivity contribution is 5.87. The first-order chi connectivity index (χ1) is 7.99. The lowest BCUT2D eigenvalue weighted by molar-refractivity contribution is -0.131. The molecule has 1 N–H and O–H groups in total. The van der Waals surface area contributed by atoms with Gasteiger partial charge in [-0.05, 0) is 37.1 Å². The number of hydrogen-bond donors (Lipinski definition) is 1. The van der Waals surface area contributed by atoms with Gasteiger partial charge in [-0.15, -0.1) is 0 Å². The van der Waals surface area contributed by atoms with Gasteiger partial charge in [0.2, 0.25) is 0 Å². The SMILES string of the molecule is Cc1cc(C)c2nc(/C=C/C(=O)O)n(C)c2c1. The number of imidazole rings is 1. The van der Waals surface area contributed by atoms with E-state index in [0.717, 1.165) is 22.7 Å². The van der Waals surface area contributed by atoms with Gasteiger partial charge >= 0.3 is 5.97 Å². The molecule has 4 heteroatoms. The highest BCUT2D eigenvalue weighted by atomic mass is 16.4. The van der Waals surface area contributed by atoms with E-state index in [1.807, 2.05) is 31.5 Å². The van der Waals surface area contributed by atoms with Crippen LogP contribution >= 0.6 is 0 Å². The van der Waals surface area contributed by atoms with Crippen LogP contribution in [0, 0.1) is 13.8 Å². The zero-order valence-electron chi connectivity index (χ0n) is 10.1. The van der Waals surface area contributed by atoms with Gasteiger partial charge in [0.15, 0.2) is 0 Å². The number of fused-ring (bicyclic) bond motifs is 1. The molecule has 0 unspecified atom stereocenters. The Morgan fingerprint density at radius 3 is 2.76 bits per heavy atom. The van der Waals surface area contributed by atoms with Crippen LogP contribution in [-0.4, -0.2) is 20.6 Å². The third-order valence-electron chi connectivity index (χ3n) is 2.73. The molecule has 17 heavy (non-hydrogen) atoms. The van der Waals surface area contributed by atoms with Gasteiger partial charge in [0.1, 0.15) is 5.82 Å². The molecule has 1 heterocycles. The fourth-order valence-corrected chi connectivity index (χ4v) is 1.95. The lowest BCUT2D eigenvalue weighted by Gasteiger charge is -2.00. The van der Waals surface area contributed by atoms with Crippen molar-refractivity contribution in [2.75, 3.05) is 0 Å². The Labute approximate surface area is 99.2 Å². The number of aryl methyl sites for hydroxylation is 3. The van der Waals surface area contributed by atoms with Gasteiger partial charge in [-0.3, -0.25) is 0 Å². The normalized spacial score (nSPS) is 11.5. The van der Waals surface area contributed by atoms with Crippen molar-refractivity contribution in [3.05, 3.63) is 35.2 Å². The highest BCUT2D eigenvalue weighted by Gasteiger charge is 2.08. The number of rotatable bonds is 2. The zero-order chi connectivity index (χ0) is 12.6. The Bertz CT molecular complexity index is 624. The van der Waals surface area contributed by atoms with Gasteiger partial charge in [-0.1, -0.05) is 6.07 Å². The van der Waals surface area contributed by atoms with Gasteiger partial charge in [-0.2, -0.15) is 0 Å². The van der Waals surface area contributed by atoms with Crippen molar-refractivity contribution in [1.82, 2.24) is 9.55 Å². The quantitative estimate of drug-likeness (QED) is 0.805. The van der Waals surface area contributed by atoms with Crippen LogP contribution in [0.5, 0.6) is 0 Å². The average molecular weight is 230 g/mol. The topological polar surface area (TPSA) is 55.1 Å². The maximum absolute atomic E-state index is 10.5. The summed E-state index contributed by atoms with van der Waals surface area (Å²) in [6.07, 6.45) is 2.61. The third-order valence-corrected chi connectivity index (χ3v) is 2.73. The number of aromatic nitrogens is 2. The van der Waals surface area contributed by atoms with E-state index in [1.54, 1.807) is 0 Å². The maximum atomic E-state index is 10.5. The van der Waals surface area contributed by atoms with Crippen LogP contribution in [0.1, 0.15) is 17.0 Å². The summed E-state index contributed by atoms with van der Waals surface area (Å²) in [7, 11) is 1.88. The first kappa shape index (κ1) is 11.4. The number of carbonyl (C=O) groups is 1. The van der Waals surface area contributed by atoms with E-state index >= 15 is 0 Å². The number of carboxylic acids is 1. The van der Waals surface area contributed by atoms with Crippen LogP contribution in [-0.2, 0) is 11.8 Å². The van der Waals surface area contributed by atoms with Crippen LogP contribution in [0.4, 0.5) is 0 Å². The van der Waals surface area contributed by atoms with E-state index in [9.17, 15) is 4.79 Å². The molecule has 0 aliphatic rings. The lowest BCUT2D eigenvalue weighted by atomic mass is 10.1. The summed E-state index contributed by atoms with van der Waals surface area (Å²) in [5, 5.41) is 8.62. The van der Waals surface area contributed by atoms with E-state index in [4.69, 9.17) is 5.11 Å². The molecule has 0 radical (unpaired) electrons. The molecule has 0 aliphatic heterocycles. The Kier molecular flexibility index (Phi) is 2.71. The molecule has 2 rings (SSSR count). The molecule has 0 spiro atoms. The minimum absolute atomic E-state index is 0.649. The fourth-order valence-electron chi connectivity index (χ4n) is 1.95. The molecule has 88 valence electrons. The van der Waals surface area contributed by atoms with E-state index < -0.39 is 5.97 Å². The van der Waals surface area contributed by atoms with Gasteiger partial charge in [0, 0.05) is 13.1 Å². The molecule has 0 aliphatic carbocycles. The predicted octanol–water partition coefficient (Wildman–Crippen LogP) is 2.29. The number of carboxylic acid groups (broad SMARTS) is 1. The fraction of sp³-hybridized carbons (Fsp3) is 0.231. The Balaban J connectivity index is 2.64. The largest absolute Gasteiger partial charge is 0.478 e. The van der Waals surface area contributed by atoms with Crippen molar-refractivity contribution in [2.45, 2.75) is 13.8 Å². The Morgan fingerprint density at radius 2 is 2.12 bits per heavy atom. The third kappa shape index (κ3) is 2.06. The summed E-state index contributed by atoms with van der Waals surface area (Å²) in [5.41, 5.74) is 4.22. The van der Waals surface area contributed by atoms with Crippen molar-refractivity contribution in [3.63, 3.8) is 0 Å². The molecular formula is C13H14N2O2. The molecule has 2 aromatic rings. The molecular weight excluding hydrogens is 216 g/mol. The maximum Gasteiger partial charge on any atom is 0.328 e. The summed E-state index contributed by atoms with van der Waals surface area (Å²) in [6, 6.07) is 4.12. The average Bonchev–Trinajstić information content (AvgIpc) is 2.54. The molecule has 0 saturated carbocycles. The molecule has 1 aromatic carbocycles. The van der Waals surface area contributed by atoms with E-state index in [1.165, 1.54) is 11.6 Å². The number of benzene rings is 1. The smallest absolute Gasteiger partial charge is 0.328 e. The minimum atomic E-state index is -0.968. The molecule has 0 saturated heterocycles. The Morgan fingerprint density at radius 1 is 1.41 bits per heavy atom. The summed E-state index contributed by atoms with van der Waals surface area (Å²) >= 11 is 0. The summed E-state index contributed by atoms with van der Waals surface area (Å²) < 4.78 is 1.90. The molecule has 1 aromatic heterocycles. The number of nitrogens with zero attached hydrogens (tertiary/aromatic N) is 2. The van der Waals surface area contributed by atoms with Crippen molar-refractivity contribution in [2.24, 2.45) is 7.05 Å². The second kappa shape index (κ2) is 4.05. The second-order valence-electron chi connectivity index (χ2n) is 4.15. The zero-order valence-corrected chi connectivity index (χ0v) is 10.1. The van der Waals surface area contributed by atoms with E-state index in [2.05, 4.69) is 11.1 Å². The van der Waals surface area contributed by atoms with Crippen molar-refractivity contribution >= 4 is 23.1 Å². The van der Waals surface area contributed by atoms with E-state index in [0.29, 0.717) is 5.82 Å². The minimum Gasteiger partial charge on any atom is -0.478 e. The van der Waals surface area contributed by atoms with Crippen molar-refractivity contribution < 1.29 is 9.90 Å². The van der Waals surface area contributed by atoms with Crippen LogP contribution in [0.25, 0.3) is 17.1 Å². The van der Waals surface area contributed by atoms with Gasteiger partial charge in [0.25, 0.3) is 0 Å². The van der Waals surface area contributed by atoms with Gasteiger partial charge < -0.3 is 9.67 Å². The highest BCUT2D eigenvalue weighted by Crippen LogP contribution is 2.21. The van der Waals surface area contributed by atoms with Crippen LogP contribution in [0.2, 0.25) is 0 Å². The molecule has 0 atom stereocenters. The number of aliphatic carboxylic acids is 1. The molecule has 4 nitrogen and oxygen atoms in total. The van der Waals surface area contributed by atoms with Gasteiger partial charge in [0.05, 0.1) is 11.0 Å². The van der Waals surface area contributed by atoms with Crippen LogP contribution in [0.3, 0.4) is 0 Å². The predicted molar refractivity (Wildman–Crippen MR) is 66.9 cm³/mol. The van der Waals surface area contributed by atoms with Crippen molar-refractivity contribution in [1.29, 1.82) is 0 Å².